The summed E-state index contributed by atoms with van der Waals surface area (Å²) in [6, 6.07) is 16.0. The summed E-state index contributed by atoms with van der Waals surface area (Å²) in [6.07, 6.45) is 4.59. The van der Waals surface area contributed by atoms with Crippen LogP contribution in [0.4, 0.5) is 0 Å². The van der Waals surface area contributed by atoms with Gasteiger partial charge in [0.2, 0.25) is 5.89 Å². The molecule has 0 radical (unpaired) electrons. The van der Waals surface area contributed by atoms with Crippen LogP contribution in [0.25, 0.3) is 11.5 Å². The highest BCUT2D eigenvalue weighted by Gasteiger charge is 2.40. The first-order chi connectivity index (χ1) is 16.4. The molecule has 7 heteroatoms. The van der Waals surface area contributed by atoms with E-state index >= 15 is 0 Å². The van der Waals surface area contributed by atoms with Gasteiger partial charge in [0.15, 0.2) is 0 Å². The maximum atomic E-state index is 13.3. The molecule has 2 aliphatic heterocycles. The van der Waals surface area contributed by atoms with Crippen molar-refractivity contribution in [3.05, 3.63) is 83.5 Å². The molecule has 0 aliphatic carbocycles. The summed E-state index contributed by atoms with van der Waals surface area (Å²) < 4.78 is 11.6. The third kappa shape index (κ3) is 4.43. The molecular weight excluding hydrogens is 428 g/mol. The number of aryl methyl sites for hydroxylation is 2. The lowest BCUT2D eigenvalue weighted by Crippen LogP contribution is -2.47. The summed E-state index contributed by atoms with van der Waals surface area (Å²) in [5.74, 6) is 2.12. The van der Waals surface area contributed by atoms with E-state index in [-0.39, 0.29) is 24.1 Å². The molecule has 0 spiro atoms. The minimum atomic E-state index is -0.239. The van der Waals surface area contributed by atoms with Gasteiger partial charge < -0.3 is 19.1 Å². The van der Waals surface area contributed by atoms with Gasteiger partial charge in [0.1, 0.15) is 23.2 Å². The molecule has 3 aromatic rings. The number of hydrogen-bond donors (Lipinski definition) is 1. The molecule has 176 valence electrons. The smallest absolute Gasteiger partial charge is 0.251 e. The molecule has 2 unspecified atom stereocenters. The predicted molar refractivity (Wildman–Crippen MR) is 129 cm³/mol. The van der Waals surface area contributed by atoms with Crippen LogP contribution in [0.5, 0.6) is 5.75 Å². The fraction of sp³-hybridized carbons (Fsp3) is 0.333. The van der Waals surface area contributed by atoms with Crippen molar-refractivity contribution in [3.63, 3.8) is 0 Å². The normalized spacial score (nSPS) is 19.7. The highest BCUT2D eigenvalue weighted by molar-refractivity contribution is 5.84. The molecule has 1 amide bonds. The Labute approximate surface area is 200 Å². The molecule has 0 saturated carbocycles. The maximum absolute atomic E-state index is 13.3. The van der Waals surface area contributed by atoms with Crippen LogP contribution >= 0.6 is 0 Å². The number of nitrogens with zero attached hydrogens (tertiary/aromatic N) is 3. The summed E-state index contributed by atoms with van der Waals surface area (Å²) in [5.41, 5.74) is 7.49. The third-order valence-electron chi connectivity index (χ3n) is 6.24. The number of oxazole rings is 1. The number of carbonyl (C=O) groups is 1. The molecule has 7 nitrogen and oxygen atoms in total. The van der Waals surface area contributed by atoms with Gasteiger partial charge in [-0.15, -0.1) is 0 Å². The highest BCUT2D eigenvalue weighted by Crippen LogP contribution is 2.32. The molecule has 0 bridgehead atoms. The van der Waals surface area contributed by atoms with Crippen molar-refractivity contribution in [1.82, 2.24) is 20.3 Å². The second kappa shape index (κ2) is 8.99. The van der Waals surface area contributed by atoms with Gasteiger partial charge in [0.05, 0.1) is 18.7 Å². The van der Waals surface area contributed by atoms with E-state index in [4.69, 9.17) is 14.1 Å². The monoisotopic (exact) mass is 458 g/mol. The van der Waals surface area contributed by atoms with Crippen molar-refractivity contribution in [2.75, 3.05) is 0 Å². The Morgan fingerprint density at radius 3 is 2.53 bits per heavy atom. The second-order valence-electron chi connectivity index (χ2n) is 9.23. The molecule has 2 aliphatic rings. The zero-order valence-electron chi connectivity index (χ0n) is 20.0. The number of nitrogens with one attached hydrogen (secondary N) is 1. The van der Waals surface area contributed by atoms with Crippen LogP contribution in [0.2, 0.25) is 0 Å². The van der Waals surface area contributed by atoms with Gasteiger partial charge in [-0.2, -0.15) is 0 Å². The molecule has 34 heavy (non-hydrogen) atoms. The van der Waals surface area contributed by atoms with Crippen LogP contribution in [-0.4, -0.2) is 32.9 Å². The lowest BCUT2D eigenvalue weighted by Gasteiger charge is -2.31. The van der Waals surface area contributed by atoms with Crippen molar-refractivity contribution in [2.45, 2.75) is 58.8 Å². The topological polar surface area (TPSA) is 70.8 Å². The van der Waals surface area contributed by atoms with E-state index < -0.39 is 0 Å². The zero-order chi connectivity index (χ0) is 23.8. The van der Waals surface area contributed by atoms with Crippen molar-refractivity contribution in [3.8, 4) is 17.2 Å². The summed E-state index contributed by atoms with van der Waals surface area (Å²) in [4.78, 5) is 19.7. The first-order valence-corrected chi connectivity index (χ1v) is 11.7. The fourth-order valence-electron chi connectivity index (χ4n) is 4.39. The molecule has 1 fully saturated rings. The number of carbonyl (C=O) groups excluding carboxylic acids is 1. The number of hydrazine groups is 1. The predicted octanol–water partition coefficient (Wildman–Crippen LogP) is 4.88. The molecule has 2 atom stereocenters. The molecule has 5 rings (SSSR count). The van der Waals surface area contributed by atoms with Gasteiger partial charge in [-0.25, -0.2) is 10.4 Å². The Balaban J connectivity index is 1.27. The van der Waals surface area contributed by atoms with Crippen molar-refractivity contribution in [2.24, 2.45) is 0 Å². The largest absolute Gasteiger partial charge is 0.491 e. The van der Waals surface area contributed by atoms with Gasteiger partial charge >= 0.3 is 0 Å². The second-order valence-corrected chi connectivity index (χ2v) is 9.23. The van der Waals surface area contributed by atoms with Crippen LogP contribution in [0.1, 0.15) is 48.9 Å². The van der Waals surface area contributed by atoms with Gasteiger partial charge in [-0.05, 0) is 63.9 Å². The Morgan fingerprint density at radius 2 is 1.82 bits per heavy atom. The molecule has 1 aromatic heterocycles. The summed E-state index contributed by atoms with van der Waals surface area (Å²) >= 11 is 0. The van der Waals surface area contributed by atoms with Gasteiger partial charge in [-0.1, -0.05) is 29.8 Å². The molecule has 3 heterocycles. The number of rotatable bonds is 6. The Morgan fingerprint density at radius 1 is 1.09 bits per heavy atom. The van der Waals surface area contributed by atoms with E-state index in [9.17, 15) is 4.79 Å². The van der Waals surface area contributed by atoms with E-state index in [1.54, 1.807) is 4.90 Å². The zero-order valence-corrected chi connectivity index (χ0v) is 20.0. The summed E-state index contributed by atoms with van der Waals surface area (Å²) in [6.45, 7) is 8.33. The molecule has 1 N–H and O–H groups in total. The number of amides is 1. The maximum Gasteiger partial charge on any atom is 0.251 e. The minimum absolute atomic E-state index is 0.0590. The van der Waals surface area contributed by atoms with Crippen LogP contribution < -0.4 is 10.2 Å². The highest BCUT2D eigenvalue weighted by atomic mass is 16.5. The Hall–Kier alpha value is -3.58. The van der Waals surface area contributed by atoms with E-state index in [0.717, 1.165) is 23.4 Å². The lowest BCUT2D eigenvalue weighted by atomic mass is 10.00. The van der Waals surface area contributed by atoms with E-state index in [2.05, 4.69) is 36.6 Å². The minimum Gasteiger partial charge on any atom is -0.491 e. The van der Waals surface area contributed by atoms with E-state index in [0.29, 0.717) is 18.2 Å². The van der Waals surface area contributed by atoms with Gasteiger partial charge in [0, 0.05) is 18.0 Å². The average Bonchev–Trinajstić information content (AvgIpc) is 3.41. The molecule has 1 saturated heterocycles. The number of benzene rings is 2. The first-order valence-electron chi connectivity index (χ1n) is 11.7. The van der Waals surface area contributed by atoms with Gasteiger partial charge in [0.25, 0.3) is 5.91 Å². The summed E-state index contributed by atoms with van der Waals surface area (Å²) in [5, 5.41) is 1.92. The van der Waals surface area contributed by atoms with Crippen LogP contribution in [0, 0.1) is 13.8 Å². The van der Waals surface area contributed by atoms with E-state index in [1.807, 2.05) is 62.4 Å². The third-order valence-corrected chi connectivity index (χ3v) is 6.24. The van der Waals surface area contributed by atoms with Crippen LogP contribution in [0.15, 0.2) is 65.3 Å². The van der Waals surface area contributed by atoms with Crippen molar-refractivity contribution in [1.29, 1.82) is 0 Å². The standard InChI is InChI=1S/C27H30N4O3/c1-17(2)33-22-11-9-21(10-12-22)26-28-24(19(4)34-26)16-30-13-14-31-25(27(30)32)15-23(29-31)20-7-5-18(3)6-8-20/h5-14,17,23,25,29H,15-16H2,1-4H3. The van der Waals surface area contributed by atoms with Gasteiger partial charge in [-0.3, -0.25) is 4.79 Å². The van der Waals surface area contributed by atoms with Crippen molar-refractivity contribution >= 4 is 5.91 Å². The first kappa shape index (κ1) is 22.2. The Bertz CT molecular complexity index is 1200. The number of aromatic nitrogens is 1. The number of hydrogen-bond acceptors (Lipinski definition) is 6. The SMILES string of the molecule is Cc1ccc(C2CC3C(=O)N(Cc4nc(-c5ccc(OC(C)C)cc5)oc4C)C=CN3N2)cc1. The number of ether oxygens (including phenoxy) is 1. The van der Waals surface area contributed by atoms with Crippen LogP contribution in [0.3, 0.4) is 0 Å². The lowest BCUT2D eigenvalue weighted by molar-refractivity contribution is -0.135. The van der Waals surface area contributed by atoms with E-state index in [1.165, 1.54) is 11.1 Å². The molecular formula is C27H30N4O3. The number of fused-ring (bicyclic) bond motifs is 1. The summed E-state index contributed by atoms with van der Waals surface area (Å²) in [7, 11) is 0. The average molecular weight is 459 g/mol. The Kier molecular flexibility index (Phi) is 5.87. The van der Waals surface area contributed by atoms with Crippen molar-refractivity contribution < 1.29 is 13.9 Å². The quantitative estimate of drug-likeness (QED) is 0.568. The van der Waals surface area contributed by atoms with Crippen LogP contribution in [-0.2, 0) is 11.3 Å². The molecule has 2 aromatic carbocycles. The fourth-order valence-corrected chi connectivity index (χ4v) is 4.39.